The number of fused-ring (bicyclic) bond motifs is 2. The Kier molecular flexibility index (Phi) is 3.75. The molecule has 0 radical (unpaired) electrons. The molecule has 0 aliphatic heterocycles. The van der Waals surface area contributed by atoms with E-state index >= 15 is 0 Å². The third-order valence-electron chi connectivity index (χ3n) is 5.82. The molecule has 1 nitrogen and oxygen atoms in total. The third kappa shape index (κ3) is 2.70. The summed E-state index contributed by atoms with van der Waals surface area (Å²) in [5.41, 5.74) is 0. The topological polar surface area (TPSA) is 12.0 Å². The molecule has 0 aromatic rings. The molecule has 3 unspecified atom stereocenters. The summed E-state index contributed by atoms with van der Waals surface area (Å²) < 4.78 is 0. The van der Waals surface area contributed by atoms with Gasteiger partial charge >= 0.3 is 0 Å². The Morgan fingerprint density at radius 3 is 2.24 bits per heavy atom. The van der Waals surface area contributed by atoms with Crippen LogP contribution in [0.4, 0.5) is 0 Å². The smallest absolute Gasteiger partial charge is 0.0101 e. The summed E-state index contributed by atoms with van der Waals surface area (Å²) in [6.07, 6.45) is 15.0. The molecule has 3 rings (SSSR count). The minimum absolute atomic E-state index is 0.775. The normalized spacial score (nSPS) is 40.4. The SMILES string of the molecule is C[C@H](NC1CC2CCC1C2)C1CCCCCC1. The summed E-state index contributed by atoms with van der Waals surface area (Å²) in [7, 11) is 0. The van der Waals surface area contributed by atoms with Crippen molar-refractivity contribution in [2.75, 3.05) is 0 Å². The van der Waals surface area contributed by atoms with E-state index < -0.39 is 0 Å². The number of hydrogen-bond acceptors (Lipinski definition) is 1. The minimum atomic E-state index is 0.775. The van der Waals surface area contributed by atoms with Crippen LogP contribution >= 0.6 is 0 Å². The van der Waals surface area contributed by atoms with E-state index in [1.54, 1.807) is 0 Å². The Balaban J connectivity index is 1.50. The first-order chi connectivity index (χ1) is 8.33. The molecule has 0 saturated heterocycles. The molecule has 3 fully saturated rings. The molecule has 1 heteroatoms. The maximum absolute atomic E-state index is 4.01. The van der Waals surface area contributed by atoms with E-state index in [1.807, 2.05) is 0 Å². The molecule has 98 valence electrons. The second-order valence-electron chi connectivity index (χ2n) is 6.99. The standard InChI is InChI=1S/C16H29N/c1-12(14-6-4-2-3-5-7-14)17-16-11-13-8-9-15(16)10-13/h12-17H,2-11H2,1H3/t12-,13?,15?,16?/m0/s1. The van der Waals surface area contributed by atoms with Gasteiger partial charge < -0.3 is 5.32 Å². The second-order valence-corrected chi connectivity index (χ2v) is 6.99. The van der Waals surface area contributed by atoms with E-state index in [-0.39, 0.29) is 0 Å². The Morgan fingerprint density at radius 1 is 0.882 bits per heavy atom. The van der Waals surface area contributed by atoms with Crippen molar-refractivity contribution in [1.29, 1.82) is 0 Å². The van der Waals surface area contributed by atoms with Gasteiger partial charge in [0.25, 0.3) is 0 Å². The molecule has 3 aliphatic carbocycles. The minimum Gasteiger partial charge on any atom is -0.311 e. The quantitative estimate of drug-likeness (QED) is 0.725. The van der Waals surface area contributed by atoms with Crippen LogP contribution in [0.25, 0.3) is 0 Å². The van der Waals surface area contributed by atoms with Crippen molar-refractivity contribution in [1.82, 2.24) is 5.32 Å². The molecule has 1 N–H and O–H groups in total. The highest BCUT2D eigenvalue weighted by Gasteiger charge is 2.40. The van der Waals surface area contributed by atoms with Crippen molar-refractivity contribution in [2.24, 2.45) is 17.8 Å². The van der Waals surface area contributed by atoms with Gasteiger partial charge in [0.15, 0.2) is 0 Å². The predicted octanol–water partition coefficient (Wildman–Crippen LogP) is 4.12. The molecule has 17 heavy (non-hydrogen) atoms. The van der Waals surface area contributed by atoms with Crippen LogP contribution in [0.1, 0.15) is 71.1 Å². The van der Waals surface area contributed by atoms with Crippen LogP contribution < -0.4 is 5.32 Å². The van der Waals surface area contributed by atoms with Crippen LogP contribution in [0.3, 0.4) is 0 Å². The molecule has 0 amide bonds. The zero-order valence-electron chi connectivity index (χ0n) is 11.5. The maximum atomic E-state index is 4.01. The van der Waals surface area contributed by atoms with Gasteiger partial charge in [-0.25, -0.2) is 0 Å². The van der Waals surface area contributed by atoms with Crippen molar-refractivity contribution < 1.29 is 0 Å². The molecule has 0 aromatic carbocycles. The molecule has 0 spiro atoms. The Bertz CT molecular complexity index is 242. The molecular formula is C16H29N. The monoisotopic (exact) mass is 235 g/mol. The first kappa shape index (κ1) is 12.0. The highest BCUT2D eigenvalue weighted by molar-refractivity contribution is 4.95. The summed E-state index contributed by atoms with van der Waals surface area (Å²) in [6, 6.07) is 1.66. The van der Waals surface area contributed by atoms with E-state index in [1.165, 1.54) is 64.2 Å². The van der Waals surface area contributed by atoms with Crippen molar-refractivity contribution in [3.63, 3.8) is 0 Å². The van der Waals surface area contributed by atoms with Gasteiger partial charge in [-0.1, -0.05) is 32.1 Å². The summed E-state index contributed by atoms with van der Waals surface area (Å²) >= 11 is 0. The van der Waals surface area contributed by atoms with Gasteiger partial charge in [-0.05, 0) is 56.8 Å². The average molecular weight is 235 g/mol. The number of rotatable bonds is 3. The van der Waals surface area contributed by atoms with Crippen molar-refractivity contribution >= 4 is 0 Å². The van der Waals surface area contributed by atoms with Crippen molar-refractivity contribution in [3.05, 3.63) is 0 Å². The van der Waals surface area contributed by atoms with Gasteiger partial charge in [0.2, 0.25) is 0 Å². The van der Waals surface area contributed by atoms with Crippen molar-refractivity contribution in [2.45, 2.75) is 83.2 Å². The van der Waals surface area contributed by atoms with E-state index in [9.17, 15) is 0 Å². The predicted molar refractivity (Wildman–Crippen MR) is 73.0 cm³/mol. The Hall–Kier alpha value is -0.0400. The van der Waals surface area contributed by atoms with Gasteiger partial charge in [-0.3, -0.25) is 0 Å². The fourth-order valence-electron chi connectivity index (χ4n) is 4.73. The molecular weight excluding hydrogens is 206 g/mol. The molecule has 3 saturated carbocycles. The van der Waals surface area contributed by atoms with Crippen molar-refractivity contribution in [3.8, 4) is 0 Å². The highest BCUT2D eigenvalue weighted by atomic mass is 15.0. The first-order valence-electron chi connectivity index (χ1n) is 8.09. The van der Waals surface area contributed by atoms with Gasteiger partial charge in [0.1, 0.15) is 0 Å². The third-order valence-corrected chi connectivity index (χ3v) is 5.82. The number of nitrogens with one attached hydrogen (secondary N) is 1. The van der Waals surface area contributed by atoms with Crippen LogP contribution in [0.5, 0.6) is 0 Å². The number of hydrogen-bond donors (Lipinski definition) is 1. The van der Waals surface area contributed by atoms with E-state index in [2.05, 4.69) is 12.2 Å². The zero-order valence-corrected chi connectivity index (χ0v) is 11.5. The van der Waals surface area contributed by atoms with Gasteiger partial charge in [0, 0.05) is 12.1 Å². The summed E-state index contributed by atoms with van der Waals surface area (Å²) in [5.74, 6) is 3.09. The van der Waals surface area contributed by atoms with Crippen LogP contribution in [0, 0.1) is 17.8 Å². The van der Waals surface area contributed by atoms with Crippen LogP contribution in [-0.2, 0) is 0 Å². The lowest BCUT2D eigenvalue weighted by atomic mass is 9.89. The molecule has 4 atom stereocenters. The highest BCUT2D eigenvalue weighted by Crippen LogP contribution is 2.44. The fourth-order valence-corrected chi connectivity index (χ4v) is 4.73. The van der Waals surface area contributed by atoms with E-state index in [0.29, 0.717) is 0 Å². The van der Waals surface area contributed by atoms with Gasteiger partial charge in [-0.2, -0.15) is 0 Å². The molecule has 3 aliphatic rings. The second kappa shape index (κ2) is 5.30. The summed E-state index contributed by atoms with van der Waals surface area (Å²) in [5, 5.41) is 4.01. The average Bonchev–Trinajstić information content (AvgIpc) is 2.82. The Morgan fingerprint density at radius 2 is 1.65 bits per heavy atom. The maximum Gasteiger partial charge on any atom is 0.0101 e. The fraction of sp³-hybridized carbons (Fsp3) is 1.00. The van der Waals surface area contributed by atoms with Gasteiger partial charge in [0.05, 0.1) is 0 Å². The van der Waals surface area contributed by atoms with Gasteiger partial charge in [-0.15, -0.1) is 0 Å². The van der Waals surface area contributed by atoms with E-state index in [0.717, 1.165) is 29.8 Å². The summed E-state index contributed by atoms with van der Waals surface area (Å²) in [4.78, 5) is 0. The summed E-state index contributed by atoms with van der Waals surface area (Å²) in [6.45, 7) is 2.46. The van der Waals surface area contributed by atoms with Crippen LogP contribution in [0.2, 0.25) is 0 Å². The lowest BCUT2D eigenvalue weighted by Crippen LogP contribution is -2.43. The largest absolute Gasteiger partial charge is 0.311 e. The Labute approximate surface area is 107 Å². The van der Waals surface area contributed by atoms with Crippen LogP contribution in [-0.4, -0.2) is 12.1 Å². The molecule has 0 heterocycles. The van der Waals surface area contributed by atoms with E-state index in [4.69, 9.17) is 0 Å². The molecule has 2 bridgehead atoms. The lowest BCUT2D eigenvalue weighted by Gasteiger charge is -2.31. The van der Waals surface area contributed by atoms with Crippen LogP contribution in [0.15, 0.2) is 0 Å². The molecule has 0 aromatic heterocycles. The zero-order chi connectivity index (χ0) is 11.7. The first-order valence-corrected chi connectivity index (χ1v) is 8.09. The lowest BCUT2D eigenvalue weighted by molar-refractivity contribution is 0.262.